The summed E-state index contributed by atoms with van der Waals surface area (Å²) in [5.74, 6) is 0. The predicted octanol–water partition coefficient (Wildman–Crippen LogP) is 2.61. The van der Waals surface area contributed by atoms with E-state index < -0.39 is 0 Å². The number of nitrogens with one attached hydrogen (secondary N) is 1. The third-order valence-electron chi connectivity index (χ3n) is 4.12. The molecule has 2 rings (SSSR count). The SMILES string of the molecule is Cc1ccc(CCC(C)(C)N2CCNCC2)cc1. The van der Waals surface area contributed by atoms with Crippen LogP contribution in [0.4, 0.5) is 0 Å². The van der Waals surface area contributed by atoms with Crippen LogP contribution >= 0.6 is 0 Å². The van der Waals surface area contributed by atoms with Crippen molar-refractivity contribution in [2.75, 3.05) is 26.2 Å². The van der Waals surface area contributed by atoms with E-state index in [0.29, 0.717) is 5.54 Å². The minimum atomic E-state index is 0.312. The highest BCUT2D eigenvalue weighted by Crippen LogP contribution is 2.21. The maximum absolute atomic E-state index is 3.43. The van der Waals surface area contributed by atoms with Crippen LogP contribution in [-0.4, -0.2) is 36.6 Å². The zero-order chi connectivity index (χ0) is 13.0. The average Bonchev–Trinajstić information content (AvgIpc) is 2.39. The van der Waals surface area contributed by atoms with Crippen molar-refractivity contribution >= 4 is 0 Å². The predicted molar refractivity (Wildman–Crippen MR) is 78.0 cm³/mol. The molecule has 0 spiro atoms. The first-order valence-electron chi connectivity index (χ1n) is 7.09. The molecule has 0 unspecified atom stereocenters. The van der Waals surface area contributed by atoms with Crippen LogP contribution in [0.2, 0.25) is 0 Å². The van der Waals surface area contributed by atoms with Gasteiger partial charge in [0.15, 0.2) is 0 Å². The summed E-state index contributed by atoms with van der Waals surface area (Å²) < 4.78 is 0. The van der Waals surface area contributed by atoms with Gasteiger partial charge in [0, 0.05) is 31.7 Å². The maximum Gasteiger partial charge on any atom is 0.0157 e. The van der Waals surface area contributed by atoms with Crippen LogP contribution in [0.25, 0.3) is 0 Å². The first-order chi connectivity index (χ1) is 8.58. The Morgan fingerprint density at radius 2 is 1.72 bits per heavy atom. The van der Waals surface area contributed by atoms with Crippen LogP contribution in [-0.2, 0) is 6.42 Å². The molecule has 1 aromatic carbocycles. The molecule has 0 atom stereocenters. The Balaban J connectivity index is 1.89. The fourth-order valence-electron chi connectivity index (χ4n) is 2.63. The summed E-state index contributed by atoms with van der Waals surface area (Å²) in [6, 6.07) is 8.96. The van der Waals surface area contributed by atoms with E-state index in [1.165, 1.54) is 37.1 Å². The van der Waals surface area contributed by atoms with Gasteiger partial charge in [0.2, 0.25) is 0 Å². The Morgan fingerprint density at radius 1 is 1.11 bits per heavy atom. The lowest BCUT2D eigenvalue weighted by Crippen LogP contribution is -2.53. The quantitative estimate of drug-likeness (QED) is 0.878. The van der Waals surface area contributed by atoms with Gasteiger partial charge in [-0.2, -0.15) is 0 Å². The van der Waals surface area contributed by atoms with Crippen LogP contribution in [0.5, 0.6) is 0 Å². The first-order valence-corrected chi connectivity index (χ1v) is 7.09. The number of benzene rings is 1. The number of nitrogens with zero attached hydrogens (tertiary/aromatic N) is 1. The summed E-state index contributed by atoms with van der Waals surface area (Å²) >= 11 is 0. The van der Waals surface area contributed by atoms with E-state index >= 15 is 0 Å². The second-order valence-electron chi connectivity index (χ2n) is 6.04. The van der Waals surface area contributed by atoms with Crippen molar-refractivity contribution in [1.29, 1.82) is 0 Å². The third kappa shape index (κ3) is 3.56. The van der Waals surface area contributed by atoms with Gasteiger partial charge in [-0.25, -0.2) is 0 Å². The van der Waals surface area contributed by atoms with Crippen molar-refractivity contribution < 1.29 is 0 Å². The van der Waals surface area contributed by atoms with Crippen LogP contribution in [0.15, 0.2) is 24.3 Å². The number of rotatable bonds is 4. The van der Waals surface area contributed by atoms with Crippen molar-refractivity contribution in [1.82, 2.24) is 10.2 Å². The molecule has 1 fully saturated rings. The Hall–Kier alpha value is -0.860. The molecule has 2 nitrogen and oxygen atoms in total. The molecule has 1 saturated heterocycles. The number of hydrogen-bond acceptors (Lipinski definition) is 2. The highest BCUT2D eigenvalue weighted by molar-refractivity contribution is 5.21. The molecule has 0 radical (unpaired) electrons. The largest absolute Gasteiger partial charge is 0.314 e. The molecule has 100 valence electrons. The van der Waals surface area contributed by atoms with Crippen LogP contribution in [0.3, 0.4) is 0 Å². The molecular formula is C16H26N2. The Morgan fingerprint density at radius 3 is 2.33 bits per heavy atom. The van der Waals surface area contributed by atoms with E-state index in [-0.39, 0.29) is 0 Å². The smallest absolute Gasteiger partial charge is 0.0157 e. The van der Waals surface area contributed by atoms with Crippen LogP contribution in [0.1, 0.15) is 31.4 Å². The normalized spacial score (nSPS) is 17.9. The summed E-state index contributed by atoms with van der Waals surface area (Å²) in [7, 11) is 0. The van der Waals surface area contributed by atoms with Crippen molar-refractivity contribution in [2.45, 2.75) is 39.2 Å². The number of piperazine rings is 1. The molecule has 0 amide bonds. The highest BCUT2D eigenvalue weighted by Gasteiger charge is 2.27. The highest BCUT2D eigenvalue weighted by atomic mass is 15.2. The van der Waals surface area contributed by atoms with Crippen molar-refractivity contribution in [3.63, 3.8) is 0 Å². The molecule has 1 aliphatic rings. The van der Waals surface area contributed by atoms with E-state index in [1.54, 1.807) is 0 Å². The average molecular weight is 246 g/mol. The van der Waals surface area contributed by atoms with Gasteiger partial charge in [-0.3, -0.25) is 4.90 Å². The molecular weight excluding hydrogens is 220 g/mol. The molecule has 0 saturated carbocycles. The fourth-order valence-corrected chi connectivity index (χ4v) is 2.63. The zero-order valence-corrected chi connectivity index (χ0v) is 12.0. The molecule has 1 aromatic rings. The second-order valence-corrected chi connectivity index (χ2v) is 6.04. The Kier molecular flexibility index (Phi) is 4.41. The zero-order valence-electron chi connectivity index (χ0n) is 12.0. The van der Waals surface area contributed by atoms with Crippen LogP contribution in [0, 0.1) is 6.92 Å². The van der Waals surface area contributed by atoms with Gasteiger partial charge < -0.3 is 5.32 Å². The van der Waals surface area contributed by atoms with Gasteiger partial charge in [0.25, 0.3) is 0 Å². The minimum absolute atomic E-state index is 0.312. The van der Waals surface area contributed by atoms with Gasteiger partial charge in [-0.1, -0.05) is 29.8 Å². The summed E-state index contributed by atoms with van der Waals surface area (Å²) in [6.07, 6.45) is 2.41. The standard InChI is InChI=1S/C16H26N2/c1-14-4-6-15(7-5-14)8-9-16(2,3)18-12-10-17-11-13-18/h4-7,17H,8-13H2,1-3H3. The molecule has 0 aliphatic carbocycles. The third-order valence-corrected chi connectivity index (χ3v) is 4.12. The lowest BCUT2D eigenvalue weighted by molar-refractivity contribution is 0.0959. The molecule has 1 aliphatic heterocycles. The van der Waals surface area contributed by atoms with Gasteiger partial charge in [-0.05, 0) is 39.2 Å². The molecule has 1 N–H and O–H groups in total. The monoisotopic (exact) mass is 246 g/mol. The van der Waals surface area contributed by atoms with E-state index in [1.807, 2.05) is 0 Å². The second kappa shape index (κ2) is 5.85. The Labute approximate surface area is 111 Å². The van der Waals surface area contributed by atoms with Crippen LogP contribution < -0.4 is 5.32 Å². The summed E-state index contributed by atoms with van der Waals surface area (Å²) in [5, 5.41) is 3.43. The lowest BCUT2D eigenvalue weighted by Gasteiger charge is -2.41. The fraction of sp³-hybridized carbons (Fsp3) is 0.625. The van der Waals surface area contributed by atoms with Gasteiger partial charge >= 0.3 is 0 Å². The van der Waals surface area contributed by atoms with Gasteiger partial charge in [-0.15, -0.1) is 0 Å². The van der Waals surface area contributed by atoms with Crippen molar-refractivity contribution in [2.24, 2.45) is 0 Å². The van der Waals surface area contributed by atoms with Gasteiger partial charge in [0.1, 0.15) is 0 Å². The molecule has 1 heterocycles. The topological polar surface area (TPSA) is 15.3 Å². The lowest BCUT2D eigenvalue weighted by atomic mass is 9.92. The molecule has 18 heavy (non-hydrogen) atoms. The van der Waals surface area contributed by atoms with Crippen molar-refractivity contribution in [3.05, 3.63) is 35.4 Å². The summed E-state index contributed by atoms with van der Waals surface area (Å²) in [4.78, 5) is 2.62. The summed E-state index contributed by atoms with van der Waals surface area (Å²) in [6.45, 7) is 11.5. The van der Waals surface area contributed by atoms with E-state index in [9.17, 15) is 0 Å². The number of aryl methyl sites for hydroxylation is 2. The molecule has 2 heteroatoms. The Bertz CT molecular complexity index is 361. The van der Waals surface area contributed by atoms with Crippen molar-refractivity contribution in [3.8, 4) is 0 Å². The van der Waals surface area contributed by atoms with E-state index in [2.05, 4.69) is 55.3 Å². The molecule has 0 aromatic heterocycles. The first kappa shape index (κ1) is 13.6. The van der Waals surface area contributed by atoms with Gasteiger partial charge in [0.05, 0.1) is 0 Å². The minimum Gasteiger partial charge on any atom is -0.314 e. The van der Waals surface area contributed by atoms with E-state index in [4.69, 9.17) is 0 Å². The number of hydrogen-bond donors (Lipinski definition) is 1. The van der Waals surface area contributed by atoms with E-state index in [0.717, 1.165) is 13.1 Å². The maximum atomic E-state index is 3.43. The molecule has 0 bridgehead atoms. The summed E-state index contributed by atoms with van der Waals surface area (Å²) in [5.41, 5.74) is 3.12.